The Kier molecular flexibility index (Phi) is 3.21. The minimum absolute atomic E-state index is 0.0253. The van der Waals surface area contributed by atoms with Gasteiger partial charge in [-0.1, -0.05) is 42.5 Å². The molecule has 0 saturated heterocycles. The molecule has 0 bridgehead atoms. The van der Waals surface area contributed by atoms with Crippen LogP contribution in [0.5, 0.6) is 0 Å². The lowest BCUT2D eigenvalue weighted by atomic mass is 9.95. The highest BCUT2D eigenvalue weighted by Gasteiger charge is 2.14. The number of hydrogen-bond donors (Lipinski definition) is 0. The van der Waals surface area contributed by atoms with E-state index < -0.39 is 0 Å². The van der Waals surface area contributed by atoms with Crippen LogP contribution in [0, 0.1) is 11.3 Å². The number of hydrogen-bond acceptors (Lipinski definition) is 3. The van der Waals surface area contributed by atoms with E-state index in [1.165, 1.54) is 6.92 Å². The van der Waals surface area contributed by atoms with Crippen molar-refractivity contribution < 1.29 is 4.79 Å². The molecule has 0 aliphatic heterocycles. The number of ketones is 1. The van der Waals surface area contributed by atoms with Crippen molar-refractivity contribution in [1.82, 2.24) is 4.98 Å². The second-order valence-corrected chi connectivity index (χ2v) is 4.79. The van der Waals surface area contributed by atoms with E-state index in [9.17, 15) is 10.1 Å². The average Bonchev–Trinajstić information content (AvgIpc) is 2.53. The lowest BCUT2D eigenvalue weighted by Crippen LogP contribution is -1.98. The summed E-state index contributed by atoms with van der Waals surface area (Å²) in [7, 11) is 0. The third-order valence-electron chi connectivity index (χ3n) is 3.43. The largest absolute Gasteiger partial charge is 0.294 e. The molecule has 0 radical (unpaired) electrons. The van der Waals surface area contributed by atoms with Gasteiger partial charge in [0, 0.05) is 16.5 Å². The highest BCUT2D eigenvalue weighted by molar-refractivity contribution is 6.02. The van der Waals surface area contributed by atoms with Crippen LogP contribution in [0.4, 0.5) is 0 Å². The maximum absolute atomic E-state index is 11.8. The second-order valence-electron chi connectivity index (χ2n) is 4.79. The van der Waals surface area contributed by atoms with Crippen LogP contribution >= 0.6 is 0 Å². The van der Waals surface area contributed by atoms with Crippen molar-refractivity contribution in [3.63, 3.8) is 0 Å². The van der Waals surface area contributed by atoms with Crippen LogP contribution < -0.4 is 0 Å². The molecule has 21 heavy (non-hydrogen) atoms. The van der Waals surface area contributed by atoms with Crippen LogP contribution in [0.3, 0.4) is 0 Å². The number of pyridine rings is 1. The van der Waals surface area contributed by atoms with Gasteiger partial charge in [0.25, 0.3) is 0 Å². The highest BCUT2D eigenvalue weighted by atomic mass is 16.1. The number of fused-ring (bicyclic) bond motifs is 1. The summed E-state index contributed by atoms with van der Waals surface area (Å²) in [5.41, 5.74) is 3.16. The maximum Gasteiger partial charge on any atom is 0.160 e. The molecule has 3 nitrogen and oxygen atoms in total. The van der Waals surface area contributed by atoms with Gasteiger partial charge in [-0.2, -0.15) is 5.26 Å². The molecule has 100 valence electrons. The summed E-state index contributed by atoms with van der Waals surface area (Å²) in [6.07, 6.45) is 0. The normalized spacial score (nSPS) is 10.3. The summed E-state index contributed by atoms with van der Waals surface area (Å²) < 4.78 is 0. The monoisotopic (exact) mass is 272 g/mol. The molecule has 2 aromatic carbocycles. The standard InChI is InChI=1S/C18H12N2O/c1-12(21)14-7-3-4-8-15(14)16-10-13-6-2-5-9-17(13)20-18(16)11-19/h2-10H,1H3. The number of carbonyl (C=O) groups excluding carboxylic acids is 1. The average molecular weight is 272 g/mol. The van der Waals surface area contributed by atoms with E-state index in [1.54, 1.807) is 6.07 Å². The number of Topliss-reactive ketones (excluding diaryl/α,β-unsaturated/α-hetero) is 1. The SMILES string of the molecule is CC(=O)c1ccccc1-c1cc2ccccc2nc1C#N. The number of benzene rings is 2. The summed E-state index contributed by atoms with van der Waals surface area (Å²) in [6.45, 7) is 1.53. The van der Waals surface area contributed by atoms with Gasteiger partial charge in [-0.05, 0) is 24.6 Å². The van der Waals surface area contributed by atoms with Crippen molar-refractivity contribution in [3.05, 3.63) is 65.9 Å². The molecule has 0 atom stereocenters. The number of nitriles is 1. The number of carbonyl (C=O) groups is 1. The zero-order valence-corrected chi connectivity index (χ0v) is 11.5. The van der Waals surface area contributed by atoms with Gasteiger partial charge in [-0.25, -0.2) is 4.98 Å². The predicted molar refractivity (Wildman–Crippen MR) is 81.9 cm³/mol. The van der Waals surface area contributed by atoms with E-state index in [0.29, 0.717) is 16.8 Å². The number of aromatic nitrogens is 1. The summed E-state index contributed by atoms with van der Waals surface area (Å²) in [4.78, 5) is 16.2. The topological polar surface area (TPSA) is 53.8 Å². The van der Waals surface area contributed by atoms with Crippen LogP contribution in [-0.2, 0) is 0 Å². The molecule has 1 aromatic heterocycles. The first-order valence-electron chi connectivity index (χ1n) is 6.61. The molecule has 0 saturated carbocycles. The zero-order chi connectivity index (χ0) is 14.8. The minimum Gasteiger partial charge on any atom is -0.294 e. The predicted octanol–water partition coefficient (Wildman–Crippen LogP) is 3.98. The molecule has 1 heterocycles. The first-order chi connectivity index (χ1) is 10.2. The third-order valence-corrected chi connectivity index (χ3v) is 3.43. The fraction of sp³-hybridized carbons (Fsp3) is 0.0556. The highest BCUT2D eigenvalue weighted by Crippen LogP contribution is 2.29. The Morgan fingerprint density at radius 1 is 1.05 bits per heavy atom. The Balaban J connectivity index is 2.35. The van der Waals surface area contributed by atoms with Crippen LogP contribution in [0.25, 0.3) is 22.0 Å². The first kappa shape index (κ1) is 13.0. The van der Waals surface area contributed by atoms with Gasteiger partial charge in [0.05, 0.1) is 5.52 Å². The van der Waals surface area contributed by atoms with Crippen molar-refractivity contribution in [2.24, 2.45) is 0 Å². The fourth-order valence-electron chi connectivity index (χ4n) is 2.43. The van der Waals surface area contributed by atoms with Gasteiger partial charge in [-0.15, -0.1) is 0 Å². The molecule has 3 aromatic rings. The molecular weight excluding hydrogens is 260 g/mol. The molecule has 0 aliphatic carbocycles. The molecule has 0 unspecified atom stereocenters. The van der Waals surface area contributed by atoms with Gasteiger partial charge < -0.3 is 0 Å². The molecule has 0 aliphatic rings. The van der Waals surface area contributed by atoms with Crippen LogP contribution in [-0.4, -0.2) is 10.8 Å². The van der Waals surface area contributed by atoms with Gasteiger partial charge in [0.2, 0.25) is 0 Å². The Bertz CT molecular complexity index is 891. The van der Waals surface area contributed by atoms with E-state index in [1.807, 2.05) is 48.5 Å². The van der Waals surface area contributed by atoms with E-state index in [4.69, 9.17) is 0 Å². The minimum atomic E-state index is -0.0253. The van der Waals surface area contributed by atoms with Gasteiger partial charge in [-0.3, -0.25) is 4.79 Å². The Morgan fingerprint density at radius 3 is 2.52 bits per heavy atom. The quantitative estimate of drug-likeness (QED) is 0.663. The lowest BCUT2D eigenvalue weighted by molar-refractivity contribution is 0.101. The summed E-state index contributed by atoms with van der Waals surface area (Å²) in [5, 5.41) is 10.3. The molecule has 3 heteroatoms. The van der Waals surface area contributed by atoms with Gasteiger partial charge in [0.1, 0.15) is 11.8 Å². The molecular formula is C18H12N2O. The molecule has 0 amide bonds. The zero-order valence-electron chi connectivity index (χ0n) is 11.5. The summed E-state index contributed by atoms with van der Waals surface area (Å²) >= 11 is 0. The molecule has 0 N–H and O–H groups in total. The Hall–Kier alpha value is -2.99. The van der Waals surface area contributed by atoms with Gasteiger partial charge >= 0.3 is 0 Å². The van der Waals surface area contributed by atoms with Crippen molar-refractivity contribution in [2.75, 3.05) is 0 Å². The number of nitrogens with zero attached hydrogens (tertiary/aromatic N) is 2. The maximum atomic E-state index is 11.8. The van der Waals surface area contributed by atoms with Crippen molar-refractivity contribution >= 4 is 16.7 Å². The van der Waals surface area contributed by atoms with Crippen LogP contribution in [0.2, 0.25) is 0 Å². The van der Waals surface area contributed by atoms with Gasteiger partial charge in [0.15, 0.2) is 5.78 Å². The summed E-state index contributed by atoms with van der Waals surface area (Å²) in [6, 6.07) is 19.0. The molecule has 0 spiro atoms. The van der Waals surface area contributed by atoms with E-state index in [-0.39, 0.29) is 5.78 Å². The Morgan fingerprint density at radius 2 is 1.76 bits per heavy atom. The van der Waals surface area contributed by atoms with Crippen molar-refractivity contribution in [1.29, 1.82) is 5.26 Å². The van der Waals surface area contributed by atoms with E-state index in [2.05, 4.69) is 11.1 Å². The Labute approximate surface area is 122 Å². The van der Waals surface area contributed by atoms with Crippen molar-refractivity contribution in [2.45, 2.75) is 6.92 Å². The second kappa shape index (κ2) is 5.18. The summed E-state index contributed by atoms with van der Waals surface area (Å²) in [5.74, 6) is -0.0253. The van der Waals surface area contributed by atoms with Crippen molar-refractivity contribution in [3.8, 4) is 17.2 Å². The third kappa shape index (κ3) is 2.28. The number of rotatable bonds is 2. The smallest absolute Gasteiger partial charge is 0.160 e. The molecule has 3 rings (SSSR count). The fourth-order valence-corrected chi connectivity index (χ4v) is 2.43. The first-order valence-corrected chi connectivity index (χ1v) is 6.61. The van der Waals surface area contributed by atoms with E-state index in [0.717, 1.165) is 16.5 Å². The number of para-hydroxylation sites is 1. The van der Waals surface area contributed by atoms with Crippen LogP contribution in [0.1, 0.15) is 23.0 Å². The molecule has 0 fully saturated rings. The lowest BCUT2D eigenvalue weighted by Gasteiger charge is -2.09. The van der Waals surface area contributed by atoms with Crippen LogP contribution in [0.15, 0.2) is 54.6 Å². The van der Waals surface area contributed by atoms with E-state index >= 15 is 0 Å².